The Morgan fingerprint density at radius 3 is 2.30 bits per heavy atom. The number of sulfonamides is 1. The van der Waals surface area contributed by atoms with Crippen LogP contribution in [-0.2, 0) is 24.3 Å². The molecule has 2 aromatic carbocycles. The molecule has 0 spiro atoms. The minimum atomic E-state index is -3.69. The van der Waals surface area contributed by atoms with Crippen molar-refractivity contribution in [3.63, 3.8) is 0 Å². The zero-order valence-corrected chi connectivity index (χ0v) is 24.5. The fraction of sp³-hybridized carbons (Fsp3) is 0.484. The molecule has 0 radical (unpaired) electrons. The molecule has 40 heavy (non-hydrogen) atoms. The van der Waals surface area contributed by atoms with Gasteiger partial charge in [0.25, 0.3) is 0 Å². The van der Waals surface area contributed by atoms with Crippen molar-refractivity contribution < 1.29 is 22.7 Å². The predicted molar refractivity (Wildman–Crippen MR) is 154 cm³/mol. The van der Waals surface area contributed by atoms with E-state index < -0.39 is 27.4 Å². The molecule has 214 valence electrons. The van der Waals surface area contributed by atoms with Crippen LogP contribution in [0, 0.1) is 11.3 Å². The minimum absolute atomic E-state index is 0.126. The van der Waals surface area contributed by atoms with Crippen LogP contribution in [0.2, 0.25) is 0 Å². The summed E-state index contributed by atoms with van der Waals surface area (Å²) in [5.74, 6) is -0.225. The molecule has 2 N–H and O–H groups in total. The summed E-state index contributed by atoms with van der Waals surface area (Å²) in [6.07, 6.45) is 4.66. The van der Waals surface area contributed by atoms with Crippen molar-refractivity contribution in [1.82, 2.24) is 14.6 Å². The fourth-order valence-corrected chi connectivity index (χ4v) is 7.38. The summed E-state index contributed by atoms with van der Waals surface area (Å²) in [6.45, 7) is 3.54. The number of aromatic amines is 1. The molecule has 5 rings (SSSR count). The number of H-pyrrole nitrogens is 1. The quantitative estimate of drug-likeness (QED) is 0.343. The summed E-state index contributed by atoms with van der Waals surface area (Å²) in [6, 6.07) is 16.1. The summed E-state index contributed by atoms with van der Waals surface area (Å²) in [7, 11) is -0.702. The number of methoxy groups -OCH3 is 1. The Labute approximate surface area is 236 Å². The number of amides is 1. The van der Waals surface area contributed by atoms with E-state index in [9.17, 15) is 18.0 Å². The Balaban J connectivity index is 1.25. The van der Waals surface area contributed by atoms with Crippen molar-refractivity contribution in [3.05, 3.63) is 65.9 Å². The maximum Gasteiger partial charge on any atom is 0.313 e. The summed E-state index contributed by atoms with van der Waals surface area (Å²) in [4.78, 5) is 29.7. The van der Waals surface area contributed by atoms with Crippen LogP contribution >= 0.6 is 0 Å². The van der Waals surface area contributed by atoms with Crippen molar-refractivity contribution in [2.45, 2.75) is 75.3 Å². The Bertz CT molecular complexity index is 1490. The van der Waals surface area contributed by atoms with Gasteiger partial charge < -0.3 is 15.0 Å². The van der Waals surface area contributed by atoms with E-state index in [1.54, 1.807) is 33.0 Å². The Kier molecular flexibility index (Phi) is 7.81. The highest BCUT2D eigenvalue weighted by atomic mass is 32.2. The van der Waals surface area contributed by atoms with Crippen molar-refractivity contribution in [3.8, 4) is 0 Å². The third-order valence-electron chi connectivity index (χ3n) is 8.74. The van der Waals surface area contributed by atoms with Gasteiger partial charge in [-0.2, -0.15) is 4.31 Å². The topological polar surface area (TPSA) is 109 Å². The number of nitrogens with zero attached hydrogens (tertiary/aromatic N) is 1. The van der Waals surface area contributed by atoms with Crippen molar-refractivity contribution in [2.75, 3.05) is 14.2 Å². The van der Waals surface area contributed by atoms with Gasteiger partial charge >= 0.3 is 5.97 Å². The van der Waals surface area contributed by atoms with Crippen molar-refractivity contribution >= 4 is 32.8 Å². The Morgan fingerprint density at radius 2 is 1.68 bits per heavy atom. The van der Waals surface area contributed by atoms with Crippen LogP contribution in [-0.4, -0.2) is 49.8 Å². The van der Waals surface area contributed by atoms with E-state index in [1.807, 2.05) is 36.4 Å². The normalized spacial score (nSPS) is 20.8. The second-order valence-corrected chi connectivity index (χ2v) is 13.8. The van der Waals surface area contributed by atoms with E-state index >= 15 is 0 Å². The number of hydrogen-bond acceptors (Lipinski definition) is 5. The first-order chi connectivity index (χ1) is 19.0. The third kappa shape index (κ3) is 5.54. The lowest BCUT2D eigenvalue weighted by Crippen LogP contribution is -2.46. The highest BCUT2D eigenvalue weighted by Crippen LogP contribution is 2.41. The number of esters is 1. The van der Waals surface area contributed by atoms with Gasteiger partial charge in [-0.1, -0.05) is 36.4 Å². The van der Waals surface area contributed by atoms with Crippen LogP contribution in [0.15, 0.2) is 59.5 Å². The molecule has 1 heterocycles. The van der Waals surface area contributed by atoms with Gasteiger partial charge in [0.15, 0.2) is 0 Å². The first-order valence-electron chi connectivity index (χ1n) is 14.1. The number of fused-ring (bicyclic) bond motifs is 1. The molecule has 1 amide bonds. The Hall–Kier alpha value is -3.17. The van der Waals surface area contributed by atoms with Crippen LogP contribution in [0.1, 0.15) is 75.6 Å². The van der Waals surface area contributed by atoms with Crippen LogP contribution < -0.4 is 5.32 Å². The number of hydrogen-bond donors (Lipinski definition) is 2. The summed E-state index contributed by atoms with van der Waals surface area (Å²) in [5.41, 5.74) is 1.88. The largest absolute Gasteiger partial charge is 0.469 e. The number of carbonyl (C=O) groups excluding carboxylic acids is 2. The highest BCUT2D eigenvalue weighted by Gasteiger charge is 2.41. The average Bonchev–Trinajstić information content (AvgIpc) is 3.73. The SMILES string of the molecule is COC(=O)C(C)(C)[C@@H](NC(=O)C1CCC(N(C)S(=O)(=O)c2ccc3cc(C4CC4)[nH]c3c2)CC1)c1ccccc1. The van der Waals surface area contributed by atoms with Crippen molar-refractivity contribution in [2.24, 2.45) is 11.3 Å². The number of benzene rings is 2. The molecule has 2 aliphatic rings. The molecular formula is C31H39N3O5S. The lowest BCUT2D eigenvalue weighted by Gasteiger charge is -2.36. The van der Waals surface area contributed by atoms with Gasteiger partial charge in [0.05, 0.1) is 23.5 Å². The maximum atomic E-state index is 13.5. The smallest absolute Gasteiger partial charge is 0.313 e. The molecule has 1 aromatic heterocycles. The van der Waals surface area contributed by atoms with Gasteiger partial charge in [-0.3, -0.25) is 9.59 Å². The number of ether oxygens (including phenoxy) is 1. The van der Waals surface area contributed by atoms with Gasteiger partial charge in [0, 0.05) is 30.2 Å². The van der Waals surface area contributed by atoms with Gasteiger partial charge in [0.1, 0.15) is 0 Å². The van der Waals surface area contributed by atoms with E-state index in [-0.39, 0.29) is 22.8 Å². The van der Waals surface area contributed by atoms with Gasteiger partial charge in [-0.05, 0) is 87.4 Å². The molecule has 1 atom stereocenters. The monoisotopic (exact) mass is 565 g/mol. The third-order valence-corrected chi connectivity index (χ3v) is 10.6. The minimum Gasteiger partial charge on any atom is -0.469 e. The van der Waals surface area contributed by atoms with Crippen LogP contribution in [0.3, 0.4) is 0 Å². The van der Waals surface area contributed by atoms with Gasteiger partial charge in [-0.15, -0.1) is 0 Å². The van der Waals surface area contributed by atoms with Crippen LogP contribution in [0.25, 0.3) is 10.9 Å². The summed E-state index contributed by atoms with van der Waals surface area (Å²) in [5, 5.41) is 4.14. The molecule has 2 aliphatic carbocycles. The number of nitrogens with one attached hydrogen (secondary N) is 2. The molecule has 8 nitrogen and oxygen atoms in total. The molecule has 2 fully saturated rings. The Morgan fingerprint density at radius 1 is 1.00 bits per heavy atom. The molecule has 9 heteroatoms. The zero-order chi connectivity index (χ0) is 28.7. The number of rotatable bonds is 9. The molecule has 0 saturated heterocycles. The molecule has 0 aliphatic heterocycles. The number of aromatic nitrogens is 1. The zero-order valence-electron chi connectivity index (χ0n) is 23.6. The molecule has 3 aromatic rings. The highest BCUT2D eigenvalue weighted by molar-refractivity contribution is 7.89. The maximum absolute atomic E-state index is 13.5. The second kappa shape index (κ2) is 11.0. The lowest BCUT2D eigenvalue weighted by atomic mass is 9.79. The van der Waals surface area contributed by atoms with E-state index in [1.165, 1.54) is 30.0 Å². The average molecular weight is 566 g/mol. The van der Waals surface area contributed by atoms with Crippen LogP contribution in [0.5, 0.6) is 0 Å². The van der Waals surface area contributed by atoms with E-state index in [0.29, 0.717) is 31.6 Å². The first-order valence-corrected chi connectivity index (χ1v) is 15.5. The van der Waals surface area contributed by atoms with Gasteiger partial charge in [0.2, 0.25) is 15.9 Å². The van der Waals surface area contributed by atoms with Crippen LogP contribution in [0.4, 0.5) is 0 Å². The predicted octanol–water partition coefficient (Wildman–Crippen LogP) is 5.28. The molecule has 0 unspecified atom stereocenters. The van der Waals surface area contributed by atoms with E-state index in [4.69, 9.17) is 4.74 Å². The molecular weight excluding hydrogens is 526 g/mol. The summed E-state index contributed by atoms with van der Waals surface area (Å²) >= 11 is 0. The fourth-order valence-electron chi connectivity index (χ4n) is 5.93. The van der Waals surface area contributed by atoms with Gasteiger partial charge in [-0.25, -0.2) is 8.42 Å². The van der Waals surface area contributed by atoms with E-state index in [2.05, 4.69) is 16.4 Å². The summed E-state index contributed by atoms with van der Waals surface area (Å²) < 4.78 is 33.6. The second-order valence-electron chi connectivity index (χ2n) is 11.8. The molecule has 2 saturated carbocycles. The molecule has 0 bridgehead atoms. The first kappa shape index (κ1) is 28.4. The standard InChI is InChI=1S/C31H39N3O5S/c1-31(2,30(36)39-4)28(21-8-6-5-7-9-21)33-29(35)22-12-15-24(16-13-22)34(3)40(37,38)25-17-14-23-18-26(20-10-11-20)32-27(23)19-25/h5-9,14,17-20,22,24,28,32H,10-13,15-16H2,1-4H3,(H,33,35)/t22?,24?,28-/m0/s1. The van der Waals surface area contributed by atoms with E-state index in [0.717, 1.165) is 16.5 Å². The van der Waals surface area contributed by atoms with Crippen molar-refractivity contribution in [1.29, 1.82) is 0 Å². The number of carbonyl (C=O) groups is 2. The lowest BCUT2D eigenvalue weighted by molar-refractivity contribution is -0.153.